The average Bonchev–Trinajstić information content (AvgIpc) is 3.79. The Morgan fingerprint density at radius 3 is 2.08 bits per heavy atom. The van der Waals surface area contributed by atoms with E-state index >= 15 is 0 Å². The lowest BCUT2D eigenvalue weighted by Crippen LogP contribution is -2.56. The second-order valence-electron chi connectivity index (χ2n) is 14.9. The van der Waals surface area contributed by atoms with Crippen LogP contribution in [-0.4, -0.2) is 76.5 Å². The average molecular weight is 983 g/mol. The van der Waals surface area contributed by atoms with Crippen molar-refractivity contribution >= 4 is 65.1 Å². The maximum absolute atomic E-state index is 14.4. The molecule has 0 aliphatic carbocycles. The molecule has 19 heteroatoms. The number of guanidine groups is 1. The molecule has 15 nitrogen and oxygen atoms in total. The van der Waals surface area contributed by atoms with Crippen LogP contribution in [0.2, 0.25) is 0 Å². The van der Waals surface area contributed by atoms with Crippen LogP contribution in [0.4, 0.5) is 0 Å². The van der Waals surface area contributed by atoms with Gasteiger partial charge >= 0.3 is 0 Å². The number of methoxy groups -OCH3 is 1. The van der Waals surface area contributed by atoms with Crippen LogP contribution in [0, 0.1) is 20.8 Å². The van der Waals surface area contributed by atoms with E-state index < -0.39 is 56.1 Å². The molecule has 63 heavy (non-hydrogen) atoms. The van der Waals surface area contributed by atoms with E-state index in [1.54, 1.807) is 111 Å². The number of aliphatic hydroxyl groups excluding tert-OH is 1. The Morgan fingerprint density at radius 2 is 1.46 bits per heavy atom. The Bertz CT molecular complexity index is 2570. The largest absolute Gasteiger partial charge is 0.496 e. The molecule has 1 heterocycles. The molecule has 1 unspecified atom stereocenters. The first kappa shape index (κ1) is 48.8. The van der Waals surface area contributed by atoms with Gasteiger partial charge < -0.3 is 26.2 Å². The van der Waals surface area contributed by atoms with Crippen LogP contribution in [0.1, 0.15) is 57.3 Å². The lowest BCUT2D eigenvalue weighted by molar-refractivity contribution is -0.130. The number of nitrogens with two attached hydrogens (primary N) is 1. The van der Waals surface area contributed by atoms with E-state index in [1.165, 1.54) is 24.6 Å². The molecule has 2 amide bonds. The second kappa shape index (κ2) is 22.4. The number of carbonyl (C=O) groups excluding carboxylic acids is 2. The number of carbonyl (C=O) groups is 2. The fourth-order valence-corrected chi connectivity index (χ4v) is 10.7. The number of rotatable bonds is 21. The lowest BCUT2D eigenvalue weighted by Gasteiger charge is -2.27. The van der Waals surface area contributed by atoms with Gasteiger partial charge in [-0.05, 0) is 91.6 Å². The zero-order valence-corrected chi connectivity index (χ0v) is 39.3. The molecule has 5 aromatic rings. The molecule has 5 rings (SSSR count). The standard InChI is InChI=1S/C44H52BrN7O8S3/c1-28-24-38(60-4)29(2)30(3)40(28)63(58,59)52-44(46)48-21-11-16-35(39(53)43-47-22-23-61-43)49-41(54)36(25-32-17-19-34(45)20-18-32)50-42(55)37(26-31-12-7-5-8-13-31)51-62(56,57)27-33-14-9-6-10-15-33/h5-10,12-15,17-20,22-24,35-37,39,51,53H,11,16,21,25-27H2,1-4H3,(H,49,54)(H,50,55)(H3,46,48,52)/t35-,36-,37+,39?/m0/s1. The van der Waals surface area contributed by atoms with Crippen LogP contribution in [0.3, 0.4) is 0 Å². The minimum absolute atomic E-state index is 0.00252. The van der Waals surface area contributed by atoms with Gasteiger partial charge in [-0.25, -0.2) is 31.3 Å². The predicted molar refractivity (Wildman–Crippen MR) is 248 cm³/mol. The van der Waals surface area contributed by atoms with Crippen molar-refractivity contribution in [1.82, 2.24) is 25.1 Å². The maximum Gasteiger partial charge on any atom is 0.264 e. The van der Waals surface area contributed by atoms with E-state index in [0.717, 1.165) is 4.47 Å². The smallest absolute Gasteiger partial charge is 0.264 e. The molecule has 0 aliphatic heterocycles. The summed E-state index contributed by atoms with van der Waals surface area (Å²) in [6, 6.07) is 22.8. The quantitative estimate of drug-likeness (QED) is 0.0331. The summed E-state index contributed by atoms with van der Waals surface area (Å²) >= 11 is 4.62. The minimum atomic E-state index is -4.12. The van der Waals surface area contributed by atoms with Gasteiger partial charge in [0.25, 0.3) is 10.0 Å². The fourth-order valence-electron chi connectivity index (χ4n) is 6.95. The number of aliphatic hydroxyl groups is 1. The Labute approximate surface area is 381 Å². The number of nitrogens with zero attached hydrogens (tertiary/aromatic N) is 2. The molecular formula is C44H52BrN7O8S3. The van der Waals surface area contributed by atoms with Gasteiger partial charge in [-0.3, -0.25) is 14.6 Å². The first-order chi connectivity index (χ1) is 30.0. The molecule has 4 atom stereocenters. The third-order valence-corrected chi connectivity index (χ3v) is 14.6. The SMILES string of the molecule is COc1cc(C)c(S(=O)(=O)NC(N)=NCCC[C@H](NC(=O)[C@H](Cc2ccc(Br)cc2)NC(=O)[C@@H](Cc2ccccc2)NS(=O)(=O)Cc2ccccc2)C(O)c2nccs2)c(C)c1C. The minimum Gasteiger partial charge on any atom is -0.496 e. The van der Waals surface area contributed by atoms with Crippen molar-refractivity contribution in [2.45, 2.75) is 81.3 Å². The van der Waals surface area contributed by atoms with Gasteiger partial charge in [-0.1, -0.05) is 88.7 Å². The van der Waals surface area contributed by atoms with Crippen LogP contribution in [0.15, 0.2) is 117 Å². The summed E-state index contributed by atoms with van der Waals surface area (Å²) in [5.41, 5.74) is 9.63. The Morgan fingerprint density at radius 1 is 0.857 bits per heavy atom. The summed E-state index contributed by atoms with van der Waals surface area (Å²) < 4.78 is 64.9. The molecule has 0 aliphatic rings. The Balaban J connectivity index is 1.35. The number of hydrogen-bond acceptors (Lipinski definition) is 11. The number of hydrogen-bond donors (Lipinski definition) is 6. The Kier molecular flexibility index (Phi) is 17.4. The maximum atomic E-state index is 14.4. The third-order valence-electron chi connectivity index (χ3n) is 10.2. The molecule has 0 spiro atoms. The number of benzene rings is 4. The van der Waals surface area contributed by atoms with Gasteiger partial charge in [0.1, 0.15) is 28.9 Å². The van der Waals surface area contributed by atoms with Crippen molar-refractivity contribution in [3.8, 4) is 5.75 Å². The van der Waals surface area contributed by atoms with Crippen LogP contribution in [0.5, 0.6) is 5.75 Å². The molecule has 0 fully saturated rings. The first-order valence-electron chi connectivity index (χ1n) is 19.9. The van der Waals surface area contributed by atoms with Crippen LogP contribution < -0.4 is 30.5 Å². The number of thiazole rings is 1. The molecule has 7 N–H and O–H groups in total. The number of amides is 2. The van der Waals surface area contributed by atoms with Crippen molar-refractivity contribution in [3.63, 3.8) is 0 Å². The summed E-state index contributed by atoms with van der Waals surface area (Å²) in [6.45, 7) is 5.12. The highest BCUT2D eigenvalue weighted by molar-refractivity contribution is 9.10. The molecular weight excluding hydrogens is 931 g/mol. The van der Waals surface area contributed by atoms with E-state index in [9.17, 15) is 31.5 Å². The van der Waals surface area contributed by atoms with Crippen molar-refractivity contribution in [2.75, 3.05) is 13.7 Å². The molecule has 0 radical (unpaired) electrons. The lowest BCUT2D eigenvalue weighted by atomic mass is 10.0. The van der Waals surface area contributed by atoms with Gasteiger partial charge in [-0.15, -0.1) is 11.3 Å². The summed E-state index contributed by atoms with van der Waals surface area (Å²) in [5.74, 6) is -1.52. The topological polar surface area (TPSA) is 231 Å². The first-order valence-corrected chi connectivity index (χ1v) is 24.7. The van der Waals surface area contributed by atoms with Crippen LogP contribution in [-0.2, 0) is 48.2 Å². The highest BCUT2D eigenvalue weighted by Crippen LogP contribution is 2.30. The van der Waals surface area contributed by atoms with E-state index in [2.05, 4.69) is 46.0 Å². The number of ether oxygens (including phenoxy) is 1. The number of halogens is 1. The van der Waals surface area contributed by atoms with Crippen LogP contribution >= 0.6 is 27.3 Å². The van der Waals surface area contributed by atoms with Crippen molar-refractivity contribution in [3.05, 3.63) is 145 Å². The molecule has 1 aromatic heterocycles. The monoisotopic (exact) mass is 981 g/mol. The normalized spacial score (nSPS) is 14.0. The molecule has 0 bridgehead atoms. The van der Waals surface area contributed by atoms with Crippen LogP contribution in [0.25, 0.3) is 0 Å². The number of sulfonamides is 2. The number of aromatic nitrogens is 1. The number of nitrogens with one attached hydrogen (secondary N) is 4. The molecule has 336 valence electrons. The van der Waals surface area contributed by atoms with Gasteiger partial charge in [0, 0.05) is 29.0 Å². The zero-order chi connectivity index (χ0) is 45.7. The van der Waals surface area contributed by atoms with E-state index in [0.29, 0.717) is 44.1 Å². The highest BCUT2D eigenvalue weighted by Gasteiger charge is 2.32. The van der Waals surface area contributed by atoms with E-state index in [-0.39, 0.29) is 48.8 Å². The van der Waals surface area contributed by atoms with Gasteiger partial charge in [0.2, 0.25) is 27.8 Å². The fraction of sp³-hybridized carbons (Fsp3) is 0.318. The summed E-state index contributed by atoms with van der Waals surface area (Å²) in [7, 11) is -6.65. The van der Waals surface area contributed by atoms with Crippen molar-refractivity contribution < 1.29 is 36.3 Å². The summed E-state index contributed by atoms with van der Waals surface area (Å²) in [5, 5.41) is 19.2. The highest BCUT2D eigenvalue weighted by atomic mass is 79.9. The van der Waals surface area contributed by atoms with Gasteiger partial charge in [0.15, 0.2) is 0 Å². The third kappa shape index (κ3) is 14.2. The predicted octanol–water partition coefficient (Wildman–Crippen LogP) is 4.89. The van der Waals surface area contributed by atoms with E-state index in [4.69, 9.17) is 10.5 Å². The second-order valence-corrected chi connectivity index (χ2v) is 20.1. The summed E-state index contributed by atoms with van der Waals surface area (Å²) in [6.07, 6.45) is 0.653. The number of aryl methyl sites for hydroxylation is 1. The molecule has 0 saturated heterocycles. The molecule has 4 aromatic carbocycles. The van der Waals surface area contributed by atoms with E-state index in [1.807, 2.05) is 6.07 Å². The molecule has 0 saturated carbocycles. The zero-order valence-electron chi connectivity index (χ0n) is 35.2. The summed E-state index contributed by atoms with van der Waals surface area (Å²) in [4.78, 5) is 37.1. The van der Waals surface area contributed by atoms with Crippen molar-refractivity contribution in [2.24, 2.45) is 10.7 Å². The number of aliphatic imine (C=N–C) groups is 1. The van der Waals surface area contributed by atoms with Crippen molar-refractivity contribution in [1.29, 1.82) is 0 Å². The Hall–Kier alpha value is -5.18. The van der Waals surface area contributed by atoms with Gasteiger partial charge in [-0.2, -0.15) is 0 Å². The van der Waals surface area contributed by atoms with Gasteiger partial charge in [0.05, 0.1) is 23.8 Å².